The molecule has 0 bridgehead atoms. The van der Waals surface area contributed by atoms with Crippen LogP contribution in [0.3, 0.4) is 0 Å². The Labute approximate surface area is 310 Å². The fraction of sp³-hybridized carbons (Fsp3) is 0.486. The fourth-order valence-electron chi connectivity index (χ4n) is 7.63. The van der Waals surface area contributed by atoms with Gasteiger partial charge in [-0.25, -0.2) is 14.2 Å². The van der Waals surface area contributed by atoms with Gasteiger partial charge in [0.1, 0.15) is 34.3 Å². The standard InChI is InChI=1S/C37H42ClFN8O4S/c1-18-14-47(15-25(18)45(5)6)35-42-30-28(32(43-35)41-24-9-8-12-46(7)34(24)48)22-17-50-16-21(22)26(29(30)38)19-10-11-23(39)31-27(19)20(13-40)33(52-31)44-36(49)51-37(2,3)4/h10-11,18,24-25H,8-9,12,14-17H2,1-7H3,(H,44,49)(H,41,42,43)/t18?,24-,25?/m1/s1. The lowest BCUT2D eigenvalue weighted by Crippen LogP contribution is -2.45. The van der Waals surface area contributed by atoms with Crippen LogP contribution in [-0.2, 0) is 27.5 Å². The van der Waals surface area contributed by atoms with E-state index in [1.54, 1.807) is 38.8 Å². The van der Waals surface area contributed by atoms with Crippen LogP contribution in [-0.4, -0.2) is 90.2 Å². The predicted octanol–water partition coefficient (Wildman–Crippen LogP) is 6.97. The van der Waals surface area contributed by atoms with Gasteiger partial charge in [0.05, 0.1) is 39.4 Å². The van der Waals surface area contributed by atoms with Crippen molar-refractivity contribution in [3.05, 3.63) is 39.7 Å². The van der Waals surface area contributed by atoms with Crippen LogP contribution in [0.2, 0.25) is 5.02 Å². The van der Waals surface area contributed by atoms with Crippen molar-refractivity contribution in [2.45, 2.75) is 71.4 Å². The molecule has 2 N–H and O–H groups in total. The van der Waals surface area contributed by atoms with E-state index in [2.05, 4.69) is 47.5 Å². The minimum atomic E-state index is -0.780. The fourth-order valence-corrected chi connectivity index (χ4v) is 9.05. The van der Waals surface area contributed by atoms with Crippen LogP contribution in [0, 0.1) is 23.1 Å². The Morgan fingerprint density at radius 1 is 1.19 bits per heavy atom. The van der Waals surface area contributed by atoms with Crippen LogP contribution in [0.15, 0.2) is 12.1 Å². The highest BCUT2D eigenvalue weighted by Gasteiger charge is 2.36. The quantitative estimate of drug-likeness (QED) is 0.213. The second-order valence-electron chi connectivity index (χ2n) is 15.1. The maximum Gasteiger partial charge on any atom is 0.412 e. The minimum absolute atomic E-state index is 0.0105. The van der Waals surface area contributed by atoms with Crippen LogP contribution < -0.4 is 15.5 Å². The molecule has 2 aromatic carbocycles. The van der Waals surface area contributed by atoms with Crippen LogP contribution in [0.5, 0.6) is 0 Å². The highest BCUT2D eigenvalue weighted by atomic mass is 35.5. The topological polar surface area (TPSA) is 136 Å². The number of amides is 2. The number of nitrogens with zero attached hydrogens (tertiary/aromatic N) is 6. The summed E-state index contributed by atoms with van der Waals surface area (Å²) in [6.07, 6.45) is 0.749. The summed E-state index contributed by atoms with van der Waals surface area (Å²) >= 11 is 8.43. The summed E-state index contributed by atoms with van der Waals surface area (Å²) < 4.78 is 27.2. The van der Waals surface area contributed by atoms with Gasteiger partial charge in [0, 0.05) is 43.7 Å². The largest absolute Gasteiger partial charge is 0.444 e. The maximum absolute atomic E-state index is 15.6. The Morgan fingerprint density at radius 3 is 2.63 bits per heavy atom. The zero-order chi connectivity index (χ0) is 37.2. The predicted molar refractivity (Wildman–Crippen MR) is 202 cm³/mol. The number of likely N-dealkylation sites (tertiary alicyclic amines) is 1. The Bertz CT molecular complexity index is 2160. The first-order chi connectivity index (χ1) is 24.7. The Kier molecular flexibility index (Phi) is 9.44. The molecule has 3 atom stereocenters. The molecule has 15 heteroatoms. The number of piperidine rings is 1. The van der Waals surface area contributed by atoms with Gasteiger partial charge in [-0.1, -0.05) is 24.6 Å². The molecule has 2 fully saturated rings. The third-order valence-electron chi connectivity index (χ3n) is 10.1. The van der Waals surface area contributed by atoms with E-state index in [0.29, 0.717) is 69.6 Å². The number of hydrogen-bond acceptors (Lipinski definition) is 11. The maximum atomic E-state index is 15.6. The van der Waals surface area contributed by atoms with Crippen molar-refractivity contribution in [2.75, 3.05) is 56.3 Å². The molecule has 4 aromatic rings. The van der Waals surface area contributed by atoms with Crippen molar-refractivity contribution in [3.8, 4) is 17.2 Å². The van der Waals surface area contributed by atoms with E-state index in [1.165, 1.54) is 6.07 Å². The number of thiophene rings is 1. The molecule has 3 aliphatic rings. The molecule has 0 radical (unpaired) electrons. The number of carbonyl (C=O) groups is 2. The molecule has 2 aromatic heterocycles. The zero-order valence-electron chi connectivity index (χ0n) is 30.3. The lowest BCUT2D eigenvalue weighted by molar-refractivity contribution is -0.132. The van der Waals surface area contributed by atoms with E-state index in [4.69, 9.17) is 31.0 Å². The van der Waals surface area contributed by atoms with E-state index < -0.39 is 23.6 Å². The SMILES string of the molecule is CC1CN(c2nc(N[C@@H]3CCCN(C)C3=O)c3c4c(c(-c5ccc(F)c6sc(NC(=O)OC(C)(C)C)c(C#N)c56)c(Cl)c3n2)COC4)CC1N(C)C. The lowest BCUT2D eigenvalue weighted by atomic mass is 9.91. The molecular weight excluding hydrogens is 707 g/mol. The second kappa shape index (κ2) is 13.6. The van der Waals surface area contributed by atoms with E-state index in [-0.39, 0.29) is 40.4 Å². The summed E-state index contributed by atoms with van der Waals surface area (Å²) in [6.45, 7) is 9.96. The van der Waals surface area contributed by atoms with Crippen LogP contribution in [0.1, 0.15) is 57.2 Å². The molecule has 2 amide bonds. The Morgan fingerprint density at radius 2 is 1.94 bits per heavy atom. The molecule has 5 heterocycles. The molecule has 2 saturated heterocycles. The number of nitriles is 1. The normalized spacial score (nSPS) is 20.6. The number of hydrogen-bond donors (Lipinski definition) is 2. The number of anilines is 3. The van der Waals surface area contributed by atoms with Crippen molar-refractivity contribution >= 4 is 72.7 Å². The third kappa shape index (κ3) is 6.38. The van der Waals surface area contributed by atoms with E-state index in [1.807, 2.05) is 0 Å². The van der Waals surface area contributed by atoms with Crippen molar-refractivity contribution < 1.29 is 23.5 Å². The zero-order valence-corrected chi connectivity index (χ0v) is 31.9. The summed E-state index contributed by atoms with van der Waals surface area (Å²) in [5, 5.41) is 18.0. The van der Waals surface area contributed by atoms with Gasteiger partial charge in [0.15, 0.2) is 0 Å². The van der Waals surface area contributed by atoms with Crippen LogP contribution in [0.25, 0.3) is 32.1 Å². The van der Waals surface area contributed by atoms with Gasteiger partial charge in [-0.15, -0.1) is 11.3 Å². The summed E-state index contributed by atoms with van der Waals surface area (Å²) in [5.74, 6) is 0.780. The Hall–Kier alpha value is -4.29. The van der Waals surface area contributed by atoms with Gasteiger partial charge in [-0.3, -0.25) is 10.1 Å². The number of ether oxygens (including phenoxy) is 2. The van der Waals surface area contributed by atoms with Gasteiger partial charge in [0.2, 0.25) is 11.9 Å². The highest BCUT2D eigenvalue weighted by molar-refractivity contribution is 7.23. The van der Waals surface area contributed by atoms with Crippen molar-refractivity contribution in [3.63, 3.8) is 0 Å². The smallest absolute Gasteiger partial charge is 0.412 e. The van der Waals surface area contributed by atoms with Gasteiger partial charge in [-0.05, 0) is 76.4 Å². The lowest BCUT2D eigenvalue weighted by Gasteiger charge is -2.31. The average Bonchev–Trinajstić information content (AvgIpc) is 3.80. The molecule has 3 aliphatic heterocycles. The number of carbonyl (C=O) groups excluding carboxylic acids is 2. The van der Waals surface area contributed by atoms with Gasteiger partial charge in [0.25, 0.3) is 0 Å². The molecular formula is C37H42ClFN8O4S. The van der Waals surface area contributed by atoms with E-state index in [9.17, 15) is 14.9 Å². The second-order valence-corrected chi connectivity index (χ2v) is 16.5. The molecule has 274 valence electrons. The monoisotopic (exact) mass is 748 g/mol. The van der Waals surface area contributed by atoms with Crippen LogP contribution >= 0.6 is 22.9 Å². The molecule has 0 spiro atoms. The molecule has 12 nitrogen and oxygen atoms in total. The first kappa shape index (κ1) is 36.1. The van der Waals surface area contributed by atoms with Crippen molar-refractivity contribution in [1.82, 2.24) is 19.8 Å². The third-order valence-corrected chi connectivity index (χ3v) is 11.5. The molecule has 2 unspecified atom stereocenters. The number of halogens is 2. The highest BCUT2D eigenvalue weighted by Crippen LogP contribution is 2.50. The number of rotatable bonds is 6. The minimum Gasteiger partial charge on any atom is -0.444 e. The molecule has 52 heavy (non-hydrogen) atoms. The van der Waals surface area contributed by atoms with Crippen molar-refractivity contribution in [1.29, 1.82) is 5.26 Å². The molecule has 7 rings (SSSR count). The van der Waals surface area contributed by atoms with Crippen molar-refractivity contribution in [2.24, 2.45) is 5.92 Å². The average molecular weight is 749 g/mol. The van der Waals surface area contributed by atoms with Gasteiger partial charge >= 0.3 is 6.09 Å². The Balaban J connectivity index is 1.45. The summed E-state index contributed by atoms with van der Waals surface area (Å²) in [5.41, 5.74) is 2.42. The number of fused-ring (bicyclic) bond motifs is 4. The number of nitrogens with one attached hydrogen (secondary N) is 2. The molecule has 0 saturated carbocycles. The summed E-state index contributed by atoms with van der Waals surface area (Å²) in [4.78, 5) is 42.4. The van der Waals surface area contributed by atoms with Gasteiger partial charge < -0.3 is 29.5 Å². The molecule has 0 aliphatic carbocycles. The first-order valence-corrected chi connectivity index (χ1v) is 18.6. The van der Waals surface area contributed by atoms with E-state index in [0.717, 1.165) is 35.4 Å². The van der Waals surface area contributed by atoms with Gasteiger partial charge in [-0.2, -0.15) is 10.2 Å². The van der Waals surface area contributed by atoms with Crippen LogP contribution in [0.4, 0.5) is 26.0 Å². The number of likely N-dealkylation sites (N-methyl/N-ethyl adjacent to an activating group) is 2. The number of aromatic nitrogens is 2. The van der Waals surface area contributed by atoms with E-state index >= 15 is 4.39 Å². The summed E-state index contributed by atoms with van der Waals surface area (Å²) in [7, 11) is 5.93. The summed E-state index contributed by atoms with van der Waals surface area (Å²) in [6, 6.07) is 4.94. The number of benzene rings is 2. The first-order valence-electron chi connectivity index (χ1n) is 17.4.